The van der Waals surface area contributed by atoms with Crippen LogP contribution in [0.1, 0.15) is 27.7 Å². The fourth-order valence-corrected chi connectivity index (χ4v) is 3.34. The summed E-state index contributed by atoms with van der Waals surface area (Å²) in [4.78, 5) is 25.9. The molecule has 33 heavy (non-hydrogen) atoms. The lowest BCUT2D eigenvalue weighted by Crippen LogP contribution is -2.41. The number of carbonyl (C=O) groups is 2. The van der Waals surface area contributed by atoms with Gasteiger partial charge in [-0.15, -0.1) is 0 Å². The number of carbonyl (C=O) groups excluding carboxylic acids is 2. The predicted octanol–water partition coefficient (Wildman–Crippen LogP) is 2.89. The summed E-state index contributed by atoms with van der Waals surface area (Å²) in [6, 6.07) is 0.731. The number of esters is 2. The van der Waals surface area contributed by atoms with Crippen LogP contribution in [0.25, 0.3) is 0 Å². The van der Waals surface area contributed by atoms with E-state index in [1.54, 1.807) is 27.7 Å². The molecule has 0 bridgehead atoms. The second-order valence-corrected chi connectivity index (χ2v) is 8.33. The van der Waals surface area contributed by atoms with Gasteiger partial charge in [-0.2, -0.15) is 0 Å². The van der Waals surface area contributed by atoms with Gasteiger partial charge in [0.15, 0.2) is 17.5 Å². The van der Waals surface area contributed by atoms with E-state index in [0.717, 1.165) is 25.2 Å². The molecule has 0 radical (unpaired) electrons. The van der Waals surface area contributed by atoms with Crippen molar-refractivity contribution < 1.29 is 41.5 Å². The highest BCUT2D eigenvalue weighted by Crippen LogP contribution is 2.38. The Labute approximate surface area is 189 Å². The molecule has 0 amide bonds. The van der Waals surface area contributed by atoms with Gasteiger partial charge in [0.25, 0.3) is 0 Å². The molecule has 2 aliphatic rings. The van der Waals surface area contributed by atoms with Crippen LogP contribution < -0.4 is 10.4 Å². The van der Waals surface area contributed by atoms with Crippen LogP contribution >= 0.6 is 0 Å². The topological polar surface area (TPSA) is 74.3 Å². The molecule has 1 aromatic rings. The summed E-state index contributed by atoms with van der Waals surface area (Å²) in [5, 5.41) is 0. The molecule has 2 heterocycles. The largest absolute Gasteiger partial charge is 0.497 e. The standard InChI is InChI=1S/C22H23BF3NO6/c1-21(2)22(3,4)33-23(32-21)13-11-14(24)15(25)16(26)18(13)27-10-8-7-9-12(19(28)30-5)17(27)20(29)31-6/h7-11H,1-6H3. The number of nitrogens with zero attached hydrogens (tertiary/aromatic N) is 1. The van der Waals surface area contributed by atoms with E-state index in [9.17, 15) is 18.4 Å². The zero-order chi connectivity index (χ0) is 24.7. The van der Waals surface area contributed by atoms with E-state index in [2.05, 4.69) is 0 Å². The Morgan fingerprint density at radius 1 is 0.939 bits per heavy atom. The van der Waals surface area contributed by atoms with Gasteiger partial charge in [0.1, 0.15) is 5.70 Å². The maximum absolute atomic E-state index is 15.3. The number of hydrogen-bond donors (Lipinski definition) is 0. The van der Waals surface area contributed by atoms with Crippen molar-refractivity contribution in [2.75, 3.05) is 19.1 Å². The minimum Gasteiger partial charge on any atom is -0.465 e. The number of rotatable bonds is 4. The van der Waals surface area contributed by atoms with Crippen LogP contribution in [0.4, 0.5) is 18.9 Å². The highest BCUT2D eigenvalue weighted by Gasteiger charge is 2.53. The van der Waals surface area contributed by atoms with Crippen LogP contribution in [0.5, 0.6) is 0 Å². The summed E-state index contributed by atoms with van der Waals surface area (Å²) in [5.74, 6) is -6.85. The quantitative estimate of drug-likeness (QED) is 0.385. The second kappa shape index (κ2) is 8.71. The van der Waals surface area contributed by atoms with Crippen LogP contribution in [-0.4, -0.2) is 44.5 Å². The van der Waals surface area contributed by atoms with Crippen LogP contribution in [-0.2, 0) is 28.4 Å². The predicted molar refractivity (Wildman–Crippen MR) is 114 cm³/mol. The van der Waals surface area contributed by atoms with E-state index in [-0.39, 0.29) is 11.0 Å². The minimum absolute atomic E-state index is 0.234. The van der Waals surface area contributed by atoms with Crippen molar-refractivity contribution in [1.82, 2.24) is 0 Å². The summed E-state index contributed by atoms with van der Waals surface area (Å²) in [6.07, 6.45) is 5.21. The third-order valence-corrected chi connectivity index (χ3v) is 5.80. The van der Waals surface area contributed by atoms with Gasteiger partial charge < -0.3 is 23.7 Å². The van der Waals surface area contributed by atoms with Crippen molar-refractivity contribution in [3.8, 4) is 0 Å². The number of ether oxygens (including phenoxy) is 2. The van der Waals surface area contributed by atoms with Crippen LogP contribution in [0.2, 0.25) is 0 Å². The molecule has 0 aliphatic carbocycles. The number of hydrogen-bond acceptors (Lipinski definition) is 7. The second-order valence-electron chi connectivity index (χ2n) is 8.33. The van der Waals surface area contributed by atoms with Crippen LogP contribution in [0.15, 0.2) is 41.8 Å². The molecule has 0 saturated carbocycles. The molecule has 0 N–H and O–H groups in total. The monoisotopic (exact) mass is 465 g/mol. The Kier molecular flexibility index (Phi) is 6.50. The first kappa shape index (κ1) is 24.6. The van der Waals surface area contributed by atoms with Gasteiger partial charge in [-0.1, -0.05) is 6.08 Å². The lowest BCUT2D eigenvalue weighted by molar-refractivity contribution is -0.139. The van der Waals surface area contributed by atoms with Gasteiger partial charge in [0, 0.05) is 11.7 Å². The summed E-state index contributed by atoms with van der Waals surface area (Å²) < 4.78 is 65.4. The number of halogens is 3. The van der Waals surface area contributed by atoms with Gasteiger partial charge in [0.2, 0.25) is 0 Å². The average Bonchev–Trinajstić information content (AvgIpc) is 2.89. The van der Waals surface area contributed by atoms with E-state index in [1.807, 2.05) is 0 Å². The average molecular weight is 465 g/mol. The van der Waals surface area contributed by atoms with E-state index in [4.69, 9.17) is 18.8 Å². The third kappa shape index (κ3) is 4.18. The number of allylic oxidation sites excluding steroid dienone is 2. The zero-order valence-electron chi connectivity index (χ0n) is 19.0. The molecule has 0 unspecified atom stereocenters. The molecular formula is C22H23BF3NO6. The summed E-state index contributed by atoms with van der Waals surface area (Å²) in [5.41, 5.74) is -3.36. The normalized spacial score (nSPS) is 19.1. The van der Waals surface area contributed by atoms with Crippen LogP contribution in [0.3, 0.4) is 0 Å². The Balaban J connectivity index is 2.32. The van der Waals surface area contributed by atoms with Gasteiger partial charge in [-0.25, -0.2) is 22.8 Å². The molecule has 0 atom stereocenters. The van der Waals surface area contributed by atoms with Crippen molar-refractivity contribution >= 4 is 30.2 Å². The van der Waals surface area contributed by atoms with E-state index < -0.39 is 59.1 Å². The first-order valence-electron chi connectivity index (χ1n) is 9.94. The molecule has 176 valence electrons. The highest BCUT2D eigenvalue weighted by atomic mass is 19.2. The molecular weight excluding hydrogens is 442 g/mol. The Bertz CT molecular complexity index is 1080. The molecule has 1 aromatic carbocycles. The van der Waals surface area contributed by atoms with Gasteiger partial charge >= 0.3 is 19.1 Å². The first-order valence-corrected chi connectivity index (χ1v) is 9.94. The molecule has 1 saturated heterocycles. The fraction of sp³-hybridized carbons (Fsp3) is 0.364. The minimum atomic E-state index is -1.78. The highest BCUT2D eigenvalue weighted by molar-refractivity contribution is 6.64. The van der Waals surface area contributed by atoms with Crippen LogP contribution in [0, 0.1) is 17.5 Å². The van der Waals surface area contributed by atoms with Crippen molar-refractivity contribution in [3.05, 3.63) is 59.2 Å². The Morgan fingerprint density at radius 3 is 2.06 bits per heavy atom. The molecule has 7 nitrogen and oxygen atoms in total. The molecule has 2 aliphatic heterocycles. The molecule has 1 fully saturated rings. The van der Waals surface area contributed by atoms with Crippen molar-refractivity contribution in [2.24, 2.45) is 0 Å². The van der Waals surface area contributed by atoms with E-state index in [1.165, 1.54) is 24.4 Å². The molecule has 11 heteroatoms. The van der Waals surface area contributed by atoms with E-state index in [0.29, 0.717) is 0 Å². The maximum Gasteiger partial charge on any atom is 0.497 e. The third-order valence-electron chi connectivity index (χ3n) is 5.80. The lowest BCUT2D eigenvalue weighted by Gasteiger charge is -2.32. The Hall–Kier alpha value is -3.05. The van der Waals surface area contributed by atoms with Crippen molar-refractivity contribution in [3.63, 3.8) is 0 Å². The maximum atomic E-state index is 15.3. The zero-order valence-corrected chi connectivity index (χ0v) is 19.0. The lowest BCUT2D eigenvalue weighted by atomic mass is 9.77. The van der Waals surface area contributed by atoms with Crippen molar-refractivity contribution in [2.45, 2.75) is 38.9 Å². The summed E-state index contributed by atoms with van der Waals surface area (Å²) in [7, 11) is 0.825. The molecule has 3 rings (SSSR count). The first-order chi connectivity index (χ1) is 15.4. The van der Waals surface area contributed by atoms with Crippen molar-refractivity contribution in [1.29, 1.82) is 0 Å². The number of methoxy groups -OCH3 is 2. The fourth-order valence-electron chi connectivity index (χ4n) is 3.34. The Morgan fingerprint density at radius 2 is 1.52 bits per heavy atom. The van der Waals surface area contributed by atoms with Gasteiger partial charge in [0.05, 0.1) is 36.7 Å². The smallest absolute Gasteiger partial charge is 0.465 e. The van der Waals surface area contributed by atoms with E-state index >= 15 is 4.39 Å². The SMILES string of the molecule is COC(=O)C1=C(C(=O)OC)N(c2c(B3OC(C)(C)C(C)(C)O3)cc(F)c(F)c2F)C=CC=C1. The number of benzene rings is 1. The summed E-state index contributed by atoms with van der Waals surface area (Å²) in [6.45, 7) is 6.92. The van der Waals surface area contributed by atoms with Gasteiger partial charge in [-0.05, 0) is 45.9 Å². The van der Waals surface area contributed by atoms with Gasteiger partial charge in [-0.3, -0.25) is 0 Å². The number of anilines is 1. The molecule has 0 spiro atoms. The summed E-state index contributed by atoms with van der Waals surface area (Å²) >= 11 is 0. The molecule has 0 aromatic heterocycles.